The van der Waals surface area contributed by atoms with Crippen LogP contribution in [0.1, 0.15) is 18.9 Å². The number of fused-ring (bicyclic) bond motifs is 2. The van der Waals surface area contributed by atoms with Crippen LogP contribution in [0.2, 0.25) is 0 Å². The Balaban J connectivity index is 1.42. The summed E-state index contributed by atoms with van der Waals surface area (Å²) >= 11 is 0. The monoisotopic (exact) mass is 426 g/mol. The lowest BCUT2D eigenvalue weighted by atomic mass is 10.0. The Kier molecular flexibility index (Phi) is 4.78. The Morgan fingerprint density at radius 3 is 3.00 bits per heavy atom. The maximum Gasteiger partial charge on any atom is 0.153 e. The summed E-state index contributed by atoms with van der Waals surface area (Å²) in [6, 6.07) is 9.15. The minimum Gasteiger partial charge on any atom is -0.358 e. The number of nitrogens with one attached hydrogen (secondary N) is 2. The van der Waals surface area contributed by atoms with Gasteiger partial charge in [-0.3, -0.25) is 0 Å². The normalized spacial score (nSPS) is 21.1. The second kappa shape index (κ2) is 7.93. The van der Waals surface area contributed by atoms with E-state index in [2.05, 4.69) is 54.0 Å². The van der Waals surface area contributed by atoms with Crippen LogP contribution in [0.25, 0.3) is 33.2 Å². The molecule has 2 aliphatic heterocycles. The molecule has 7 heteroatoms. The van der Waals surface area contributed by atoms with Crippen molar-refractivity contribution in [2.24, 2.45) is 0 Å². The van der Waals surface area contributed by atoms with Gasteiger partial charge in [0.2, 0.25) is 0 Å². The lowest BCUT2D eigenvalue weighted by molar-refractivity contribution is 0.144. The van der Waals surface area contributed by atoms with Gasteiger partial charge in [0.15, 0.2) is 6.23 Å². The van der Waals surface area contributed by atoms with Gasteiger partial charge in [-0.15, -0.1) is 0 Å². The van der Waals surface area contributed by atoms with Gasteiger partial charge in [0.05, 0.1) is 29.2 Å². The molecule has 2 aliphatic rings. The van der Waals surface area contributed by atoms with E-state index in [0.29, 0.717) is 6.04 Å². The number of aromatic nitrogens is 4. The highest BCUT2D eigenvalue weighted by Gasteiger charge is 2.20. The van der Waals surface area contributed by atoms with Gasteiger partial charge in [0.25, 0.3) is 0 Å². The van der Waals surface area contributed by atoms with E-state index < -0.39 is 0 Å². The first kappa shape index (κ1) is 19.3. The van der Waals surface area contributed by atoms with Crippen LogP contribution in [-0.2, 0) is 4.74 Å². The molecule has 2 N–H and O–H groups in total. The first-order valence-electron chi connectivity index (χ1n) is 11.1. The van der Waals surface area contributed by atoms with Crippen LogP contribution in [-0.4, -0.2) is 45.9 Å². The van der Waals surface area contributed by atoms with E-state index >= 15 is 0 Å². The van der Waals surface area contributed by atoms with E-state index in [1.165, 1.54) is 18.4 Å². The van der Waals surface area contributed by atoms with E-state index in [1.807, 2.05) is 43.1 Å². The van der Waals surface area contributed by atoms with Crippen LogP contribution in [0, 0.1) is 0 Å². The third kappa shape index (κ3) is 3.21. The number of anilines is 1. The molecule has 3 aromatic heterocycles. The molecule has 6 rings (SSSR count). The molecule has 0 amide bonds. The molecule has 5 heterocycles. The van der Waals surface area contributed by atoms with Crippen LogP contribution in [0.5, 0.6) is 0 Å². The Bertz CT molecular complexity index is 1330. The van der Waals surface area contributed by atoms with Crippen molar-refractivity contribution in [3.8, 4) is 11.1 Å². The van der Waals surface area contributed by atoms with Gasteiger partial charge >= 0.3 is 0 Å². The number of imidazole rings is 1. The molecule has 7 nitrogen and oxygen atoms in total. The summed E-state index contributed by atoms with van der Waals surface area (Å²) < 4.78 is 7.95. The van der Waals surface area contributed by atoms with Crippen molar-refractivity contribution >= 4 is 27.8 Å². The maximum atomic E-state index is 5.61. The number of hydrogen-bond acceptors (Lipinski definition) is 5. The predicted octanol–water partition coefficient (Wildman–Crippen LogP) is 4.37. The number of ether oxygens (including phenoxy) is 1. The number of hydrogen-bond donors (Lipinski definition) is 2. The number of rotatable bonds is 4. The minimum absolute atomic E-state index is 0.142. The summed E-state index contributed by atoms with van der Waals surface area (Å²) in [6.45, 7) is 2.10. The number of methoxy groups -OCH3 is 1. The third-order valence-corrected chi connectivity index (χ3v) is 6.51. The highest BCUT2D eigenvalue weighted by atomic mass is 16.5. The molecule has 162 valence electrons. The summed E-state index contributed by atoms with van der Waals surface area (Å²) in [5.74, 6) is 0. The predicted molar refractivity (Wildman–Crippen MR) is 128 cm³/mol. The van der Waals surface area contributed by atoms with Gasteiger partial charge < -0.3 is 24.5 Å². The number of benzene rings is 1. The molecule has 1 saturated heterocycles. The van der Waals surface area contributed by atoms with Crippen molar-refractivity contribution in [1.82, 2.24) is 24.8 Å². The highest BCUT2D eigenvalue weighted by molar-refractivity contribution is 5.97. The SMILES string of the molecule is COC1C=CC=CN1c1cnc2[nH]cc(-c3ccc4ncn(C5CCCNC5)c4c3)c2c1. The smallest absolute Gasteiger partial charge is 0.153 e. The van der Waals surface area contributed by atoms with Crippen molar-refractivity contribution in [1.29, 1.82) is 0 Å². The van der Waals surface area contributed by atoms with Gasteiger partial charge in [0, 0.05) is 43.0 Å². The number of nitrogens with zero attached hydrogens (tertiary/aromatic N) is 4. The first-order valence-corrected chi connectivity index (χ1v) is 11.1. The van der Waals surface area contributed by atoms with E-state index in [0.717, 1.165) is 46.5 Å². The molecule has 1 aromatic carbocycles. The molecule has 0 radical (unpaired) electrons. The van der Waals surface area contributed by atoms with Crippen molar-refractivity contribution < 1.29 is 4.74 Å². The quantitative estimate of drug-likeness (QED) is 0.507. The summed E-state index contributed by atoms with van der Waals surface area (Å²) in [5, 5.41) is 4.60. The number of piperidine rings is 1. The Morgan fingerprint density at radius 1 is 1.16 bits per heavy atom. The van der Waals surface area contributed by atoms with Crippen LogP contribution >= 0.6 is 0 Å². The van der Waals surface area contributed by atoms with Gasteiger partial charge in [-0.25, -0.2) is 9.97 Å². The molecule has 4 aromatic rings. The van der Waals surface area contributed by atoms with Crippen molar-refractivity contribution in [2.75, 3.05) is 25.1 Å². The molecule has 2 unspecified atom stereocenters. The lowest BCUT2D eigenvalue weighted by Gasteiger charge is -2.28. The molecule has 0 aliphatic carbocycles. The zero-order valence-electron chi connectivity index (χ0n) is 18.0. The number of allylic oxidation sites excluding steroid dienone is 2. The number of H-pyrrole nitrogens is 1. The third-order valence-electron chi connectivity index (χ3n) is 6.51. The number of pyridine rings is 1. The van der Waals surface area contributed by atoms with E-state index in [1.54, 1.807) is 7.11 Å². The summed E-state index contributed by atoms with van der Waals surface area (Å²) in [6.07, 6.45) is 16.2. The summed E-state index contributed by atoms with van der Waals surface area (Å²) in [5.41, 5.74) is 6.37. The fourth-order valence-electron chi connectivity index (χ4n) is 4.83. The molecule has 1 fully saturated rings. The zero-order valence-corrected chi connectivity index (χ0v) is 18.0. The van der Waals surface area contributed by atoms with Crippen molar-refractivity contribution in [2.45, 2.75) is 25.1 Å². The van der Waals surface area contributed by atoms with Crippen LogP contribution in [0.3, 0.4) is 0 Å². The molecular weight excluding hydrogens is 400 g/mol. The largest absolute Gasteiger partial charge is 0.358 e. The van der Waals surface area contributed by atoms with Crippen LogP contribution < -0.4 is 10.2 Å². The molecule has 0 saturated carbocycles. The molecule has 0 spiro atoms. The van der Waals surface area contributed by atoms with Crippen molar-refractivity contribution in [3.63, 3.8) is 0 Å². The second-order valence-corrected chi connectivity index (χ2v) is 8.41. The average Bonchev–Trinajstić information content (AvgIpc) is 3.48. The Labute approximate surface area is 186 Å². The number of aromatic amines is 1. The van der Waals surface area contributed by atoms with Gasteiger partial charge in [-0.05, 0) is 55.3 Å². The Hall–Kier alpha value is -3.42. The summed E-state index contributed by atoms with van der Waals surface area (Å²) in [4.78, 5) is 14.7. The molecule has 0 bridgehead atoms. The zero-order chi connectivity index (χ0) is 21.5. The molecule has 2 atom stereocenters. The Morgan fingerprint density at radius 2 is 2.12 bits per heavy atom. The summed E-state index contributed by atoms with van der Waals surface area (Å²) in [7, 11) is 1.72. The highest BCUT2D eigenvalue weighted by Crippen LogP contribution is 2.34. The fraction of sp³-hybridized carbons (Fsp3) is 0.280. The standard InChI is InChI=1S/C25H26N6O/c1-32-24-6-2-3-10-30(24)19-12-20-21(15-28-25(20)27-14-19)17-7-8-22-23(11-17)31(16-29-22)18-5-4-9-26-13-18/h2-3,6-8,10-12,14-16,18,24,26H,4-5,9,13H2,1H3,(H,27,28). The van der Waals surface area contributed by atoms with E-state index in [4.69, 9.17) is 4.74 Å². The second-order valence-electron chi connectivity index (χ2n) is 8.41. The lowest BCUT2D eigenvalue weighted by Crippen LogP contribution is -2.31. The van der Waals surface area contributed by atoms with Gasteiger partial charge in [0.1, 0.15) is 5.65 Å². The minimum atomic E-state index is -0.142. The molecule has 32 heavy (non-hydrogen) atoms. The van der Waals surface area contributed by atoms with E-state index in [-0.39, 0.29) is 6.23 Å². The molecular formula is C25H26N6O. The van der Waals surface area contributed by atoms with Crippen molar-refractivity contribution in [3.05, 3.63) is 67.4 Å². The van der Waals surface area contributed by atoms with Gasteiger partial charge in [-0.2, -0.15) is 0 Å². The average molecular weight is 427 g/mol. The van der Waals surface area contributed by atoms with Crippen LogP contribution in [0.15, 0.2) is 67.4 Å². The fourth-order valence-corrected chi connectivity index (χ4v) is 4.83. The maximum absolute atomic E-state index is 5.61. The first-order chi connectivity index (χ1) is 15.8. The van der Waals surface area contributed by atoms with E-state index in [9.17, 15) is 0 Å². The van der Waals surface area contributed by atoms with Crippen LogP contribution in [0.4, 0.5) is 5.69 Å². The topological polar surface area (TPSA) is 71.0 Å². The van der Waals surface area contributed by atoms with Gasteiger partial charge in [-0.1, -0.05) is 12.1 Å².